The maximum absolute atomic E-state index is 12.4. The van der Waals surface area contributed by atoms with E-state index in [4.69, 9.17) is 0 Å². The third-order valence-electron chi connectivity index (χ3n) is 3.90. The maximum Gasteiger partial charge on any atom is 0.534 e. The quantitative estimate of drug-likeness (QED) is 0.624. The Kier molecular flexibility index (Phi) is 3.55. The van der Waals surface area contributed by atoms with Crippen LogP contribution in [0.3, 0.4) is 0 Å². The Hall–Kier alpha value is -1.76. The standard InChI is InChI=1S/C15H13F3O3S/c16-15(17,18)22(19,20)21-14-9-11-6-7-12(14)8-13(11)10-4-2-1-3-5-10/h1-5,8-9,11-12H,6-7H2/t11-,12-/m1/s1. The zero-order chi connectivity index (χ0) is 16.0. The molecular weight excluding hydrogens is 317 g/mol. The van der Waals surface area contributed by atoms with Crippen molar-refractivity contribution in [3.05, 3.63) is 53.8 Å². The molecule has 0 radical (unpaired) electrons. The average Bonchev–Trinajstić information content (AvgIpc) is 2.47. The van der Waals surface area contributed by atoms with Crippen LogP contribution >= 0.6 is 0 Å². The van der Waals surface area contributed by atoms with E-state index < -0.39 is 21.5 Å². The monoisotopic (exact) mass is 330 g/mol. The topological polar surface area (TPSA) is 43.4 Å². The first kappa shape index (κ1) is 15.1. The first-order chi connectivity index (χ1) is 10.3. The summed E-state index contributed by atoms with van der Waals surface area (Å²) in [6, 6.07) is 9.49. The van der Waals surface area contributed by atoms with Gasteiger partial charge in [-0.25, -0.2) is 0 Å². The zero-order valence-electron chi connectivity index (χ0n) is 11.4. The summed E-state index contributed by atoms with van der Waals surface area (Å²) in [5, 5.41) is 0. The lowest BCUT2D eigenvalue weighted by Gasteiger charge is -2.34. The third kappa shape index (κ3) is 2.65. The van der Waals surface area contributed by atoms with Gasteiger partial charge in [-0.3, -0.25) is 0 Å². The van der Waals surface area contributed by atoms with Crippen molar-refractivity contribution in [1.29, 1.82) is 0 Å². The Balaban J connectivity index is 1.86. The van der Waals surface area contributed by atoms with Crippen LogP contribution in [-0.2, 0) is 14.3 Å². The molecule has 4 rings (SSSR count). The van der Waals surface area contributed by atoms with Gasteiger partial charge in [-0.15, -0.1) is 0 Å². The molecule has 2 atom stereocenters. The van der Waals surface area contributed by atoms with Crippen molar-refractivity contribution in [3.8, 4) is 0 Å². The minimum absolute atomic E-state index is 0.117. The normalized spacial score (nSPS) is 24.7. The third-order valence-corrected chi connectivity index (χ3v) is 4.88. The Bertz CT molecular complexity index is 733. The minimum atomic E-state index is -5.60. The molecule has 0 amide bonds. The minimum Gasteiger partial charge on any atom is -0.380 e. The fraction of sp³-hybridized carbons (Fsp3) is 0.333. The van der Waals surface area contributed by atoms with Crippen molar-refractivity contribution >= 4 is 15.7 Å². The molecule has 0 heterocycles. The van der Waals surface area contributed by atoms with Gasteiger partial charge in [-0.05, 0) is 30.1 Å². The van der Waals surface area contributed by atoms with Gasteiger partial charge in [0, 0.05) is 11.8 Å². The van der Waals surface area contributed by atoms with Crippen molar-refractivity contribution in [1.82, 2.24) is 0 Å². The van der Waals surface area contributed by atoms with Crippen LogP contribution in [0.1, 0.15) is 18.4 Å². The molecular formula is C15H13F3O3S. The van der Waals surface area contributed by atoms with Gasteiger partial charge in [0.1, 0.15) is 5.76 Å². The molecule has 0 aliphatic heterocycles. The summed E-state index contributed by atoms with van der Waals surface area (Å²) in [7, 11) is -5.60. The lowest BCUT2D eigenvalue weighted by atomic mass is 9.73. The number of halogens is 3. The van der Waals surface area contributed by atoms with Crippen molar-refractivity contribution in [3.63, 3.8) is 0 Å². The van der Waals surface area contributed by atoms with E-state index in [1.165, 1.54) is 6.08 Å². The van der Waals surface area contributed by atoms with Gasteiger partial charge in [0.2, 0.25) is 0 Å². The summed E-state index contributed by atoms with van der Waals surface area (Å²) in [4.78, 5) is 0. The van der Waals surface area contributed by atoms with E-state index in [1.54, 1.807) is 0 Å². The molecule has 0 N–H and O–H groups in total. The largest absolute Gasteiger partial charge is 0.534 e. The number of benzene rings is 1. The Morgan fingerprint density at radius 2 is 1.64 bits per heavy atom. The average molecular weight is 330 g/mol. The van der Waals surface area contributed by atoms with E-state index in [0.717, 1.165) is 17.6 Å². The highest BCUT2D eigenvalue weighted by Gasteiger charge is 2.50. The predicted octanol–water partition coefficient (Wildman–Crippen LogP) is 3.86. The van der Waals surface area contributed by atoms with Crippen molar-refractivity contribution in [2.75, 3.05) is 0 Å². The van der Waals surface area contributed by atoms with E-state index in [-0.39, 0.29) is 11.7 Å². The first-order valence-electron chi connectivity index (χ1n) is 6.77. The van der Waals surface area contributed by atoms with Gasteiger partial charge in [0.15, 0.2) is 0 Å². The molecule has 0 fully saturated rings. The lowest BCUT2D eigenvalue weighted by molar-refractivity contribution is -0.0527. The van der Waals surface area contributed by atoms with Gasteiger partial charge < -0.3 is 4.18 Å². The molecule has 0 aromatic heterocycles. The Labute approximate surface area is 126 Å². The molecule has 0 spiro atoms. The number of rotatable bonds is 3. The zero-order valence-corrected chi connectivity index (χ0v) is 12.2. The number of fused-ring (bicyclic) bond motifs is 1. The van der Waals surface area contributed by atoms with E-state index in [1.807, 2.05) is 36.4 Å². The highest BCUT2D eigenvalue weighted by atomic mass is 32.2. The Morgan fingerprint density at radius 1 is 1.00 bits per heavy atom. The first-order valence-corrected chi connectivity index (χ1v) is 8.18. The summed E-state index contributed by atoms with van der Waals surface area (Å²) in [6.07, 6.45) is 4.66. The molecule has 7 heteroatoms. The second-order valence-electron chi connectivity index (χ2n) is 5.33. The Morgan fingerprint density at radius 3 is 2.18 bits per heavy atom. The van der Waals surface area contributed by atoms with Crippen LogP contribution in [0.25, 0.3) is 5.57 Å². The molecule has 0 saturated carbocycles. The molecule has 22 heavy (non-hydrogen) atoms. The summed E-state index contributed by atoms with van der Waals surface area (Å²) in [6.45, 7) is 0. The molecule has 118 valence electrons. The molecule has 1 aromatic carbocycles. The highest BCUT2D eigenvalue weighted by molar-refractivity contribution is 7.87. The number of alkyl halides is 3. The van der Waals surface area contributed by atoms with E-state index in [9.17, 15) is 21.6 Å². The molecule has 3 nitrogen and oxygen atoms in total. The summed E-state index contributed by atoms with van der Waals surface area (Å²) < 4.78 is 63.9. The van der Waals surface area contributed by atoms with Crippen LogP contribution < -0.4 is 0 Å². The predicted molar refractivity (Wildman–Crippen MR) is 74.8 cm³/mol. The van der Waals surface area contributed by atoms with E-state index >= 15 is 0 Å². The molecule has 0 saturated heterocycles. The summed E-state index contributed by atoms with van der Waals surface area (Å²) in [5.41, 5.74) is -3.41. The molecule has 3 aliphatic rings. The molecule has 1 aromatic rings. The van der Waals surface area contributed by atoms with Crippen LogP contribution in [0.4, 0.5) is 13.2 Å². The van der Waals surface area contributed by atoms with Crippen molar-refractivity contribution in [2.24, 2.45) is 11.8 Å². The summed E-state index contributed by atoms with van der Waals surface area (Å²) in [5.74, 6) is -0.670. The van der Waals surface area contributed by atoms with Crippen LogP contribution in [-0.4, -0.2) is 13.9 Å². The SMILES string of the molecule is O=S(=O)(OC1=C[C@H]2CC[C@@H]1C=C2c1ccccc1)C(F)(F)F. The smallest absolute Gasteiger partial charge is 0.380 e. The van der Waals surface area contributed by atoms with Gasteiger partial charge >= 0.3 is 15.6 Å². The van der Waals surface area contributed by atoms with E-state index in [2.05, 4.69) is 4.18 Å². The van der Waals surface area contributed by atoms with E-state index in [0.29, 0.717) is 6.42 Å². The van der Waals surface area contributed by atoms with Crippen LogP contribution in [0.5, 0.6) is 0 Å². The fourth-order valence-electron chi connectivity index (χ4n) is 2.86. The molecule has 0 unspecified atom stereocenters. The molecule has 2 bridgehead atoms. The number of allylic oxidation sites excluding steroid dienone is 3. The van der Waals surface area contributed by atoms with Gasteiger partial charge in [0.05, 0.1) is 0 Å². The number of hydrogen-bond acceptors (Lipinski definition) is 3. The fourth-order valence-corrected chi connectivity index (χ4v) is 3.39. The lowest BCUT2D eigenvalue weighted by Crippen LogP contribution is -2.29. The van der Waals surface area contributed by atoms with Gasteiger partial charge in [-0.2, -0.15) is 21.6 Å². The summed E-state index contributed by atoms with van der Waals surface area (Å²) >= 11 is 0. The second kappa shape index (κ2) is 5.15. The van der Waals surface area contributed by atoms with Gasteiger partial charge in [0.25, 0.3) is 0 Å². The highest BCUT2D eigenvalue weighted by Crippen LogP contribution is 2.45. The van der Waals surface area contributed by atoms with Crippen LogP contribution in [0.2, 0.25) is 0 Å². The van der Waals surface area contributed by atoms with Crippen molar-refractivity contribution in [2.45, 2.75) is 18.3 Å². The van der Waals surface area contributed by atoms with Crippen molar-refractivity contribution < 1.29 is 25.8 Å². The van der Waals surface area contributed by atoms with Gasteiger partial charge in [-0.1, -0.05) is 36.4 Å². The number of hydrogen-bond donors (Lipinski definition) is 0. The maximum atomic E-state index is 12.4. The second-order valence-corrected chi connectivity index (χ2v) is 6.87. The molecule has 3 aliphatic carbocycles. The van der Waals surface area contributed by atoms with Crippen LogP contribution in [0.15, 0.2) is 48.2 Å². The van der Waals surface area contributed by atoms with Crippen LogP contribution in [0, 0.1) is 11.8 Å².